The first-order chi connectivity index (χ1) is 7.92. The Morgan fingerprint density at radius 2 is 2.12 bits per heavy atom. The lowest BCUT2D eigenvalue weighted by molar-refractivity contribution is -0.123. The first-order valence-electron chi connectivity index (χ1n) is 5.01. The molecule has 2 rings (SSSR count). The lowest BCUT2D eigenvalue weighted by Gasteiger charge is -2.07. The van der Waals surface area contributed by atoms with Crippen LogP contribution in [0.2, 0.25) is 0 Å². The Labute approximate surface area is 108 Å². The van der Waals surface area contributed by atoms with E-state index in [0.29, 0.717) is 12.1 Å². The Morgan fingerprint density at radius 3 is 2.59 bits per heavy atom. The van der Waals surface area contributed by atoms with Crippen LogP contribution >= 0.6 is 23.2 Å². The van der Waals surface area contributed by atoms with E-state index in [1.165, 1.54) is 0 Å². The van der Waals surface area contributed by atoms with Gasteiger partial charge in [0.15, 0.2) is 0 Å². The van der Waals surface area contributed by atoms with Crippen LogP contribution in [0, 0.1) is 5.92 Å². The zero-order valence-corrected chi connectivity index (χ0v) is 10.5. The number of alkyl halides is 2. The van der Waals surface area contributed by atoms with Crippen LogP contribution < -0.4 is 10.9 Å². The van der Waals surface area contributed by atoms with Gasteiger partial charge in [-0.15, -0.1) is 23.2 Å². The van der Waals surface area contributed by atoms with Gasteiger partial charge in [0.05, 0.1) is 5.92 Å². The van der Waals surface area contributed by atoms with Crippen molar-refractivity contribution in [2.24, 2.45) is 13.0 Å². The number of aromatic nitrogens is 1. The maximum absolute atomic E-state index is 11.6. The molecule has 0 radical (unpaired) electrons. The van der Waals surface area contributed by atoms with Gasteiger partial charge in [-0.25, -0.2) is 0 Å². The highest BCUT2D eigenvalue weighted by molar-refractivity contribution is 6.52. The quantitative estimate of drug-likeness (QED) is 0.624. The molecule has 0 spiro atoms. The van der Waals surface area contributed by atoms with Crippen molar-refractivity contribution in [1.29, 1.82) is 0 Å². The summed E-state index contributed by atoms with van der Waals surface area (Å²) < 4.78 is 0.659. The van der Waals surface area contributed by atoms with E-state index in [-0.39, 0.29) is 11.8 Å². The number of halogens is 2. The van der Waals surface area contributed by atoms with Crippen molar-refractivity contribution in [1.82, 2.24) is 15.4 Å². The third-order valence-corrected chi connectivity index (χ3v) is 3.45. The second kappa shape index (κ2) is 4.23. The maximum Gasteiger partial charge on any atom is 0.286 e. The largest absolute Gasteiger partial charge is 0.347 e. The van der Waals surface area contributed by atoms with E-state index in [9.17, 15) is 9.59 Å². The molecule has 1 saturated carbocycles. The minimum Gasteiger partial charge on any atom is -0.347 e. The summed E-state index contributed by atoms with van der Waals surface area (Å²) in [7, 11) is 1.74. The number of aryl methyl sites for hydroxylation is 1. The molecule has 2 N–H and O–H groups in total. The molecule has 1 aliphatic carbocycles. The highest BCUT2D eigenvalue weighted by atomic mass is 35.5. The van der Waals surface area contributed by atoms with Gasteiger partial charge in [-0.1, -0.05) is 0 Å². The molecular formula is C10H11Cl2N3O2. The lowest BCUT2D eigenvalue weighted by atomic mass is 10.4. The third kappa shape index (κ3) is 2.56. The zero-order chi connectivity index (χ0) is 12.6. The van der Waals surface area contributed by atoms with E-state index < -0.39 is 10.3 Å². The van der Waals surface area contributed by atoms with Crippen molar-refractivity contribution in [3.05, 3.63) is 24.0 Å². The Morgan fingerprint density at radius 1 is 1.47 bits per heavy atom. The van der Waals surface area contributed by atoms with Gasteiger partial charge in [0.25, 0.3) is 5.91 Å². The van der Waals surface area contributed by atoms with Gasteiger partial charge in [0.1, 0.15) is 10.0 Å². The molecule has 2 amide bonds. The summed E-state index contributed by atoms with van der Waals surface area (Å²) in [5.74, 6) is -1.22. The molecule has 92 valence electrons. The first kappa shape index (κ1) is 12.3. The van der Waals surface area contributed by atoms with Gasteiger partial charge < -0.3 is 4.57 Å². The Kier molecular flexibility index (Phi) is 3.05. The molecule has 1 unspecified atom stereocenters. The van der Waals surface area contributed by atoms with Crippen LogP contribution in [0.15, 0.2) is 18.3 Å². The second-order valence-corrected chi connectivity index (χ2v) is 5.51. The molecule has 1 aromatic heterocycles. The van der Waals surface area contributed by atoms with Crippen molar-refractivity contribution in [3.63, 3.8) is 0 Å². The number of carbonyl (C=O) groups is 2. The fourth-order valence-electron chi connectivity index (χ4n) is 1.46. The standard InChI is InChI=1S/C10H11Cl2N3O2/c1-15-4-2-3-7(15)9(17)14-13-8(16)6-5-10(6,11)12/h2-4,6H,5H2,1H3,(H,13,16)(H,14,17). The number of hydrogen-bond acceptors (Lipinski definition) is 2. The molecular weight excluding hydrogens is 265 g/mol. The van der Waals surface area contributed by atoms with Crippen LogP contribution in [-0.2, 0) is 11.8 Å². The average molecular weight is 276 g/mol. The average Bonchev–Trinajstić information content (AvgIpc) is 2.70. The van der Waals surface area contributed by atoms with E-state index in [1.807, 2.05) is 0 Å². The van der Waals surface area contributed by atoms with E-state index in [1.54, 1.807) is 29.9 Å². The smallest absolute Gasteiger partial charge is 0.286 e. The summed E-state index contributed by atoms with van der Waals surface area (Å²) in [6.45, 7) is 0. The number of nitrogens with one attached hydrogen (secondary N) is 2. The monoisotopic (exact) mass is 275 g/mol. The molecule has 1 atom stereocenters. The minimum atomic E-state index is -0.986. The number of rotatable bonds is 2. The normalized spacial score (nSPS) is 20.8. The molecule has 0 aliphatic heterocycles. The number of amides is 2. The maximum atomic E-state index is 11.6. The second-order valence-electron chi connectivity index (χ2n) is 3.97. The highest BCUT2D eigenvalue weighted by Crippen LogP contribution is 2.53. The van der Waals surface area contributed by atoms with E-state index in [2.05, 4.69) is 10.9 Å². The summed E-state index contributed by atoms with van der Waals surface area (Å²) >= 11 is 11.5. The molecule has 0 bridgehead atoms. The van der Waals surface area contributed by atoms with E-state index in [4.69, 9.17) is 23.2 Å². The number of carbonyl (C=O) groups excluding carboxylic acids is 2. The van der Waals surface area contributed by atoms with Gasteiger partial charge in [0.2, 0.25) is 5.91 Å². The SMILES string of the molecule is Cn1cccc1C(=O)NNC(=O)C1CC1(Cl)Cl. The topological polar surface area (TPSA) is 63.1 Å². The van der Waals surface area contributed by atoms with Gasteiger partial charge in [-0.3, -0.25) is 20.4 Å². The van der Waals surface area contributed by atoms with Crippen molar-refractivity contribution >= 4 is 35.0 Å². The van der Waals surface area contributed by atoms with Crippen LogP contribution in [0.4, 0.5) is 0 Å². The Bertz CT molecular complexity index is 470. The zero-order valence-electron chi connectivity index (χ0n) is 9.04. The number of hydrogen-bond donors (Lipinski definition) is 2. The molecule has 0 aromatic carbocycles. The summed E-state index contributed by atoms with van der Waals surface area (Å²) in [5, 5.41) is 0. The summed E-state index contributed by atoms with van der Waals surface area (Å²) in [4.78, 5) is 23.1. The van der Waals surface area contributed by atoms with Crippen LogP contribution in [0.25, 0.3) is 0 Å². The molecule has 5 nitrogen and oxygen atoms in total. The van der Waals surface area contributed by atoms with Crippen molar-refractivity contribution < 1.29 is 9.59 Å². The number of hydrazine groups is 1. The van der Waals surface area contributed by atoms with Crippen LogP contribution in [0.5, 0.6) is 0 Å². The van der Waals surface area contributed by atoms with Crippen molar-refractivity contribution in [2.45, 2.75) is 10.8 Å². The fourth-order valence-corrected chi connectivity index (χ4v) is 1.97. The predicted molar refractivity (Wildman–Crippen MR) is 63.6 cm³/mol. The molecule has 17 heavy (non-hydrogen) atoms. The van der Waals surface area contributed by atoms with Crippen molar-refractivity contribution in [3.8, 4) is 0 Å². The highest BCUT2D eigenvalue weighted by Gasteiger charge is 2.56. The minimum absolute atomic E-state index is 0.377. The fraction of sp³-hybridized carbons (Fsp3) is 0.400. The predicted octanol–water partition coefficient (Wildman–Crippen LogP) is 0.980. The Balaban J connectivity index is 1.85. The van der Waals surface area contributed by atoms with Gasteiger partial charge in [-0.05, 0) is 18.6 Å². The van der Waals surface area contributed by atoms with E-state index >= 15 is 0 Å². The molecule has 1 heterocycles. The lowest BCUT2D eigenvalue weighted by Crippen LogP contribution is -2.43. The summed E-state index contributed by atoms with van der Waals surface area (Å²) in [5.41, 5.74) is 5.05. The molecule has 7 heteroatoms. The molecule has 1 fully saturated rings. The third-order valence-electron chi connectivity index (χ3n) is 2.62. The van der Waals surface area contributed by atoms with Gasteiger partial charge >= 0.3 is 0 Å². The van der Waals surface area contributed by atoms with E-state index in [0.717, 1.165) is 0 Å². The number of nitrogens with zero attached hydrogens (tertiary/aromatic N) is 1. The molecule has 1 aromatic rings. The van der Waals surface area contributed by atoms with Gasteiger partial charge in [-0.2, -0.15) is 0 Å². The first-order valence-corrected chi connectivity index (χ1v) is 5.77. The van der Waals surface area contributed by atoms with Crippen molar-refractivity contribution in [2.75, 3.05) is 0 Å². The van der Waals surface area contributed by atoms with Crippen LogP contribution in [0.1, 0.15) is 16.9 Å². The molecule has 0 saturated heterocycles. The molecule has 1 aliphatic rings. The Hall–Kier alpha value is -1.20. The van der Waals surface area contributed by atoms with Crippen LogP contribution in [0.3, 0.4) is 0 Å². The van der Waals surface area contributed by atoms with Crippen LogP contribution in [-0.4, -0.2) is 20.7 Å². The van der Waals surface area contributed by atoms with Gasteiger partial charge in [0, 0.05) is 13.2 Å². The summed E-state index contributed by atoms with van der Waals surface area (Å²) in [6, 6.07) is 3.38. The summed E-state index contributed by atoms with van der Waals surface area (Å²) in [6.07, 6.45) is 2.14.